The van der Waals surface area contributed by atoms with Crippen LogP contribution in [0.2, 0.25) is 0 Å². The summed E-state index contributed by atoms with van der Waals surface area (Å²) in [6.07, 6.45) is 7.23. The molecule has 0 atom stereocenters. The molecule has 4 aromatic rings. The summed E-state index contributed by atoms with van der Waals surface area (Å²) in [5.41, 5.74) is 4.16. The third kappa shape index (κ3) is 5.73. The molecular formula is C27H25N5O3. The molecule has 2 N–H and O–H groups in total. The summed E-state index contributed by atoms with van der Waals surface area (Å²) in [6, 6.07) is 20.7. The first kappa shape index (κ1) is 22.3. The molecular weight excluding hydrogens is 442 g/mol. The Kier molecular flexibility index (Phi) is 6.52. The molecule has 2 heterocycles. The smallest absolute Gasteiger partial charge is 0.258 e. The van der Waals surface area contributed by atoms with E-state index in [4.69, 9.17) is 9.84 Å². The molecule has 0 radical (unpaired) electrons. The summed E-state index contributed by atoms with van der Waals surface area (Å²) in [7, 11) is 0. The van der Waals surface area contributed by atoms with E-state index in [0.29, 0.717) is 18.0 Å². The van der Waals surface area contributed by atoms with Gasteiger partial charge in [0.1, 0.15) is 5.75 Å². The summed E-state index contributed by atoms with van der Waals surface area (Å²) in [4.78, 5) is 28.6. The zero-order valence-corrected chi connectivity index (χ0v) is 19.1. The van der Waals surface area contributed by atoms with Crippen LogP contribution in [0.4, 0.5) is 5.69 Å². The van der Waals surface area contributed by atoms with Gasteiger partial charge in [-0.05, 0) is 49.2 Å². The minimum atomic E-state index is -0.259. The summed E-state index contributed by atoms with van der Waals surface area (Å²) in [5.74, 6) is 0.406. The monoisotopic (exact) mass is 467 g/mol. The van der Waals surface area contributed by atoms with Crippen LogP contribution in [0.15, 0.2) is 85.3 Å². The second-order valence-corrected chi connectivity index (χ2v) is 8.38. The molecule has 1 aliphatic carbocycles. The number of anilines is 1. The summed E-state index contributed by atoms with van der Waals surface area (Å²) >= 11 is 0. The number of amides is 2. The van der Waals surface area contributed by atoms with Gasteiger partial charge in [0.25, 0.3) is 5.91 Å². The fourth-order valence-corrected chi connectivity index (χ4v) is 3.65. The maximum Gasteiger partial charge on any atom is 0.258 e. The number of carbonyl (C=O) groups is 2. The van der Waals surface area contributed by atoms with Crippen molar-refractivity contribution < 1.29 is 14.3 Å². The van der Waals surface area contributed by atoms with E-state index in [-0.39, 0.29) is 24.3 Å². The topological polar surface area (TPSA) is 98.1 Å². The minimum absolute atomic E-state index is 0.0287. The lowest BCUT2D eigenvalue weighted by molar-refractivity contribution is -0.123. The Morgan fingerprint density at radius 2 is 1.80 bits per heavy atom. The number of hydrogen-bond donors (Lipinski definition) is 2. The van der Waals surface area contributed by atoms with E-state index in [1.165, 1.54) is 0 Å². The van der Waals surface area contributed by atoms with Crippen molar-refractivity contribution in [3.05, 3.63) is 90.9 Å². The average Bonchev–Trinajstić information content (AvgIpc) is 3.67. The van der Waals surface area contributed by atoms with E-state index in [9.17, 15) is 9.59 Å². The first-order valence-corrected chi connectivity index (χ1v) is 11.5. The quantitative estimate of drug-likeness (QED) is 0.388. The fourth-order valence-electron chi connectivity index (χ4n) is 3.65. The van der Waals surface area contributed by atoms with Gasteiger partial charge in [0.05, 0.1) is 11.4 Å². The molecule has 35 heavy (non-hydrogen) atoms. The molecule has 8 heteroatoms. The van der Waals surface area contributed by atoms with E-state index in [0.717, 1.165) is 35.3 Å². The predicted molar refractivity (Wildman–Crippen MR) is 132 cm³/mol. The highest BCUT2D eigenvalue weighted by atomic mass is 16.5. The molecule has 1 fully saturated rings. The number of rotatable bonds is 9. The normalized spacial score (nSPS) is 12.7. The summed E-state index contributed by atoms with van der Waals surface area (Å²) in [5, 5.41) is 10.5. The number of para-hydroxylation sites is 1. The van der Waals surface area contributed by atoms with Gasteiger partial charge in [-0.3, -0.25) is 14.6 Å². The van der Waals surface area contributed by atoms with Gasteiger partial charge in [0, 0.05) is 53.9 Å². The van der Waals surface area contributed by atoms with Crippen LogP contribution in [0.3, 0.4) is 0 Å². The van der Waals surface area contributed by atoms with Crippen LogP contribution in [0, 0.1) is 5.92 Å². The highest BCUT2D eigenvalue weighted by molar-refractivity contribution is 5.94. The van der Waals surface area contributed by atoms with E-state index >= 15 is 0 Å². The Hall–Kier alpha value is -4.46. The van der Waals surface area contributed by atoms with E-state index in [1.54, 1.807) is 41.3 Å². The van der Waals surface area contributed by atoms with Gasteiger partial charge in [0.15, 0.2) is 6.61 Å². The molecule has 1 saturated carbocycles. The number of pyridine rings is 1. The molecule has 8 nitrogen and oxygen atoms in total. The first-order valence-electron chi connectivity index (χ1n) is 11.5. The number of carbonyl (C=O) groups excluding carboxylic acids is 2. The lowest BCUT2D eigenvalue weighted by Crippen LogP contribution is -2.28. The molecule has 0 unspecified atom stereocenters. The molecule has 0 bridgehead atoms. The van der Waals surface area contributed by atoms with Gasteiger partial charge in [-0.1, -0.05) is 24.3 Å². The summed E-state index contributed by atoms with van der Waals surface area (Å²) in [6.45, 7) is 0.154. The second-order valence-electron chi connectivity index (χ2n) is 8.38. The van der Waals surface area contributed by atoms with E-state index < -0.39 is 0 Å². The van der Waals surface area contributed by atoms with Gasteiger partial charge in [0.2, 0.25) is 5.91 Å². The SMILES string of the molecule is O=C(COc1cccc(NC(=O)C2CC2)c1)NCc1cn(-c2ccccc2)nc1-c1ccncc1. The Labute approximate surface area is 203 Å². The lowest BCUT2D eigenvalue weighted by atomic mass is 10.1. The van der Waals surface area contributed by atoms with Gasteiger partial charge in [-0.25, -0.2) is 4.68 Å². The minimum Gasteiger partial charge on any atom is -0.484 e. The number of nitrogens with one attached hydrogen (secondary N) is 2. The van der Waals surface area contributed by atoms with Gasteiger partial charge >= 0.3 is 0 Å². The van der Waals surface area contributed by atoms with Crippen molar-refractivity contribution in [2.45, 2.75) is 19.4 Å². The first-order chi connectivity index (χ1) is 17.2. The van der Waals surface area contributed by atoms with Crippen LogP contribution in [-0.4, -0.2) is 33.2 Å². The molecule has 2 aromatic carbocycles. The van der Waals surface area contributed by atoms with Gasteiger partial charge in [-0.15, -0.1) is 0 Å². The zero-order chi connectivity index (χ0) is 24.0. The Morgan fingerprint density at radius 3 is 2.57 bits per heavy atom. The lowest BCUT2D eigenvalue weighted by Gasteiger charge is -2.10. The van der Waals surface area contributed by atoms with Gasteiger partial charge < -0.3 is 15.4 Å². The molecule has 5 rings (SSSR count). The second kappa shape index (κ2) is 10.2. The zero-order valence-electron chi connectivity index (χ0n) is 19.1. The summed E-state index contributed by atoms with van der Waals surface area (Å²) < 4.78 is 7.45. The largest absolute Gasteiger partial charge is 0.484 e. The molecule has 2 amide bonds. The van der Waals surface area contributed by atoms with E-state index in [2.05, 4.69) is 15.6 Å². The average molecular weight is 468 g/mol. The molecule has 1 aliphatic rings. The number of nitrogens with zero attached hydrogens (tertiary/aromatic N) is 3. The van der Waals surface area contributed by atoms with Crippen molar-refractivity contribution in [1.82, 2.24) is 20.1 Å². The van der Waals surface area contributed by atoms with Crippen LogP contribution < -0.4 is 15.4 Å². The molecule has 0 aliphatic heterocycles. The van der Waals surface area contributed by atoms with Crippen molar-refractivity contribution >= 4 is 17.5 Å². The Balaban J connectivity index is 1.22. The number of benzene rings is 2. The van der Waals surface area contributed by atoms with Crippen molar-refractivity contribution in [2.24, 2.45) is 5.92 Å². The third-order valence-electron chi connectivity index (χ3n) is 5.66. The van der Waals surface area contributed by atoms with Crippen LogP contribution in [0.1, 0.15) is 18.4 Å². The maximum absolute atomic E-state index is 12.5. The number of ether oxygens (including phenoxy) is 1. The Bertz CT molecular complexity index is 1320. The van der Waals surface area contributed by atoms with Crippen molar-refractivity contribution in [2.75, 3.05) is 11.9 Å². The van der Waals surface area contributed by atoms with Crippen LogP contribution in [-0.2, 0) is 16.1 Å². The number of hydrogen-bond acceptors (Lipinski definition) is 5. The highest BCUT2D eigenvalue weighted by Gasteiger charge is 2.29. The molecule has 0 saturated heterocycles. The van der Waals surface area contributed by atoms with Crippen LogP contribution in [0.5, 0.6) is 5.75 Å². The highest BCUT2D eigenvalue weighted by Crippen LogP contribution is 2.30. The van der Waals surface area contributed by atoms with E-state index in [1.807, 2.05) is 48.7 Å². The molecule has 0 spiro atoms. The van der Waals surface area contributed by atoms with Crippen molar-refractivity contribution in [3.8, 4) is 22.7 Å². The fraction of sp³-hybridized carbons (Fsp3) is 0.185. The maximum atomic E-state index is 12.5. The van der Waals surface area contributed by atoms with Gasteiger partial charge in [-0.2, -0.15) is 5.10 Å². The van der Waals surface area contributed by atoms with Crippen LogP contribution in [0.25, 0.3) is 16.9 Å². The predicted octanol–water partition coefficient (Wildman–Crippen LogP) is 3.98. The molecule has 176 valence electrons. The van der Waals surface area contributed by atoms with Crippen LogP contribution >= 0.6 is 0 Å². The Morgan fingerprint density at radius 1 is 1.00 bits per heavy atom. The standard InChI is InChI=1S/C27H25N5O3/c33-25(18-35-24-8-4-5-22(15-24)30-27(34)20-9-10-20)29-16-21-17-32(23-6-2-1-3-7-23)31-26(21)19-11-13-28-14-12-19/h1-8,11-15,17,20H,9-10,16,18H2,(H,29,33)(H,30,34). The van der Waals surface area contributed by atoms with Crippen molar-refractivity contribution in [1.29, 1.82) is 0 Å². The molecule has 2 aromatic heterocycles. The number of aromatic nitrogens is 3. The van der Waals surface area contributed by atoms with Crippen molar-refractivity contribution in [3.63, 3.8) is 0 Å². The third-order valence-corrected chi connectivity index (χ3v) is 5.66.